The first-order chi connectivity index (χ1) is 13.8. The first-order valence-corrected chi connectivity index (χ1v) is 9.46. The fraction of sp³-hybridized carbons (Fsp3) is 0.333. The fourth-order valence-corrected chi connectivity index (χ4v) is 2.88. The Hall–Kier alpha value is -2.77. The number of methoxy groups -OCH3 is 2. The molecule has 0 radical (unpaired) electrons. The number of nitrogens with one attached hydrogen (secondary N) is 2. The summed E-state index contributed by atoms with van der Waals surface area (Å²) in [5.41, 5.74) is 1.36. The molecule has 8 heteroatoms. The van der Waals surface area contributed by atoms with Crippen LogP contribution in [0.25, 0.3) is 0 Å². The summed E-state index contributed by atoms with van der Waals surface area (Å²) in [6, 6.07) is 11.9. The van der Waals surface area contributed by atoms with Crippen LogP contribution in [0.2, 0.25) is 5.02 Å². The second-order valence-corrected chi connectivity index (χ2v) is 6.95. The van der Waals surface area contributed by atoms with Gasteiger partial charge in [0.05, 0.1) is 32.5 Å². The number of halogens is 1. The van der Waals surface area contributed by atoms with Crippen molar-refractivity contribution < 1.29 is 19.1 Å². The lowest BCUT2D eigenvalue weighted by Gasteiger charge is -2.23. The Morgan fingerprint density at radius 3 is 2.48 bits per heavy atom. The Morgan fingerprint density at radius 1 is 1.10 bits per heavy atom. The average Bonchev–Trinajstić information content (AvgIpc) is 2.71. The molecule has 0 heterocycles. The molecular formula is C21H26ClN3O4. The summed E-state index contributed by atoms with van der Waals surface area (Å²) in [5.74, 6) is 0.751. The number of carbonyl (C=O) groups excluding carboxylic acids is 2. The molecule has 156 valence electrons. The van der Waals surface area contributed by atoms with E-state index in [9.17, 15) is 9.59 Å². The number of benzene rings is 2. The van der Waals surface area contributed by atoms with Gasteiger partial charge in [-0.25, -0.2) is 0 Å². The highest BCUT2D eigenvalue weighted by atomic mass is 35.5. The van der Waals surface area contributed by atoms with Gasteiger partial charge in [0.1, 0.15) is 11.5 Å². The minimum atomic E-state index is -0.503. The van der Waals surface area contributed by atoms with Gasteiger partial charge >= 0.3 is 0 Å². The van der Waals surface area contributed by atoms with E-state index in [-0.39, 0.29) is 18.4 Å². The van der Waals surface area contributed by atoms with Gasteiger partial charge in [-0.15, -0.1) is 0 Å². The van der Waals surface area contributed by atoms with Gasteiger partial charge < -0.3 is 20.1 Å². The van der Waals surface area contributed by atoms with E-state index >= 15 is 0 Å². The summed E-state index contributed by atoms with van der Waals surface area (Å²) in [7, 11) is 4.81. The normalized spacial score (nSPS) is 11.7. The molecule has 0 aromatic heterocycles. The Labute approximate surface area is 175 Å². The van der Waals surface area contributed by atoms with Gasteiger partial charge in [-0.2, -0.15) is 0 Å². The van der Waals surface area contributed by atoms with Crippen molar-refractivity contribution in [1.29, 1.82) is 0 Å². The molecule has 0 saturated carbocycles. The number of likely N-dealkylation sites (N-methyl/N-ethyl adjacent to an activating group) is 1. The molecule has 1 unspecified atom stereocenters. The number of para-hydroxylation sites is 1. The lowest BCUT2D eigenvalue weighted by molar-refractivity contribution is -0.126. The molecule has 2 rings (SSSR count). The van der Waals surface area contributed by atoms with Crippen LogP contribution >= 0.6 is 11.6 Å². The van der Waals surface area contributed by atoms with Crippen LogP contribution in [0.15, 0.2) is 42.5 Å². The van der Waals surface area contributed by atoms with Crippen LogP contribution in [-0.2, 0) is 16.1 Å². The molecule has 2 aromatic carbocycles. The second-order valence-electron chi connectivity index (χ2n) is 6.51. The fourth-order valence-electron chi connectivity index (χ4n) is 2.71. The monoisotopic (exact) mass is 419 g/mol. The maximum atomic E-state index is 12.5. The Kier molecular flexibility index (Phi) is 8.30. The SMILES string of the molecule is COc1ccccc1CNC(=O)C(C)N(C)CC(=O)Nc1cc(Cl)ccc1OC. The van der Waals surface area contributed by atoms with E-state index in [1.54, 1.807) is 44.2 Å². The Balaban J connectivity index is 1.90. The van der Waals surface area contributed by atoms with Crippen molar-refractivity contribution in [3.8, 4) is 11.5 Å². The summed E-state index contributed by atoms with van der Waals surface area (Å²) in [4.78, 5) is 26.5. The average molecular weight is 420 g/mol. The highest BCUT2D eigenvalue weighted by molar-refractivity contribution is 6.31. The molecule has 2 N–H and O–H groups in total. The summed E-state index contributed by atoms with van der Waals surface area (Å²) in [6.45, 7) is 2.11. The predicted molar refractivity (Wildman–Crippen MR) is 114 cm³/mol. The number of hydrogen-bond acceptors (Lipinski definition) is 5. The Bertz CT molecular complexity index is 860. The van der Waals surface area contributed by atoms with Crippen molar-refractivity contribution in [3.63, 3.8) is 0 Å². The van der Waals surface area contributed by atoms with Crippen LogP contribution in [-0.4, -0.2) is 50.6 Å². The van der Waals surface area contributed by atoms with Crippen molar-refractivity contribution in [2.75, 3.05) is 33.1 Å². The van der Waals surface area contributed by atoms with Gasteiger partial charge in [-0.1, -0.05) is 29.8 Å². The molecule has 0 aliphatic heterocycles. The van der Waals surface area contributed by atoms with E-state index in [0.29, 0.717) is 28.8 Å². The number of carbonyl (C=O) groups is 2. The van der Waals surface area contributed by atoms with Gasteiger partial charge in [-0.05, 0) is 38.2 Å². The number of anilines is 1. The van der Waals surface area contributed by atoms with Crippen LogP contribution in [0.4, 0.5) is 5.69 Å². The highest BCUT2D eigenvalue weighted by Crippen LogP contribution is 2.27. The summed E-state index contributed by atoms with van der Waals surface area (Å²) >= 11 is 5.98. The third-order valence-corrected chi connectivity index (χ3v) is 4.75. The first-order valence-electron chi connectivity index (χ1n) is 9.09. The van der Waals surface area contributed by atoms with E-state index in [4.69, 9.17) is 21.1 Å². The van der Waals surface area contributed by atoms with E-state index in [2.05, 4.69) is 10.6 Å². The first kappa shape index (κ1) is 22.5. The van der Waals surface area contributed by atoms with E-state index in [1.165, 1.54) is 7.11 Å². The van der Waals surface area contributed by atoms with Gasteiger partial charge in [0.25, 0.3) is 0 Å². The van der Waals surface area contributed by atoms with Gasteiger partial charge in [0.15, 0.2) is 0 Å². The maximum absolute atomic E-state index is 12.5. The van der Waals surface area contributed by atoms with Crippen LogP contribution in [0.1, 0.15) is 12.5 Å². The van der Waals surface area contributed by atoms with Crippen LogP contribution in [0.5, 0.6) is 11.5 Å². The van der Waals surface area contributed by atoms with Crippen molar-refractivity contribution in [2.45, 2.75) is 19.5 Å². The smallest absolute Gasteiger partial charge is 0.238 e. The van der Waals surface area contributed by atoms with Crippen LogP contribution in [0.3, 0.4) is 0 Å². The molecule has 2 aromatic rings. The standard InChI is InChI=1S/C21H26ClN3O4/c1-14(21(27)23-12-15-7-5-6-8-18(15)28-3)25(2)13-20(26)24-17-11-16(22)9-10-19(17)29-4/h5-11,14H,12-13H2,1-4H3,(H,23,27)(H,24,26). The van der Waals surface area contributed by atoms with Crippen LogP contribution < -0.4 is 20.1 Å². The molecule has 0 aliphatic carbocycles. The molecule has 2 amide bonds. The molecule has 0 aliphatic rings. The number of rotatable bonds is 9. The lowest BCUT2D eigenvalue weighted by atomic mass is 10.2. The topological polar surface area (TPSA) is 79.9 Å². The quantitative estimate of drug-likeness (QED) is 0.653. The number of hydrogen-bond donors (Lipinski definition) is 2. The molecule has 0 spiro atoms. The Morgan fingerprint density at radius 2 is 1.79 bits per heavy atom. The molecule has 7 nitrogen and oxygen atoms in total. The third kappa shape index (κ3) is 6.37. The van der Waals surface area contributed by atoms with E-state index in [1.807, 2.05) is 24.3 Å². The van der Waals surface area contributed by atoms with Gasteiger partial charge in [0, 0.05) is 17.1 Å². The van der Waals surface area contributed by atoms with Crippen molar-refractivity contribution in [2.24, 2.45) is 0 Å². The van der Waals surface area contributed by atoms with Gasteiger partial charge in [-0.3, -0.25) is 14.5 Å². The van der Waals surface area contributed by atoms with Crippen molar-refractivity contribution >= 4 is 29.1 Å². The molecule has 1 atom stereocenters. The minimum absolute atomic E-state index is 0.0267. The zero-order chi connectivity index (χ0) is 21.4. The largest absolute Gasteiger partial charge is 0.496 e. The summed E-state index contributed by atoms with van der Waals surface area (Å²) < 4.78 is 10.5. The van der Waals surface area contributed by atoms with Crippen LogP contribution in [0, 0.1) is 0 Å². The minimum Gasteiger partial charge on any atom is -0.496 e. The number of nitrogens with zero attached hydrogens (tertiary/aromatic N) is 1. The van der Waals surface area contributed by atoms with Crippen molar-refractivity contribution in [1.82, 2.24) is 10.2 Å². The van der Waals surface area contributed by atoms with Gasteiger partial charge in [0.2, 0.25) is 11.8 Å². The predicted octanol–water partition coefficient (Wildman–Crippen LogP) is 2.93. The van der Waals surface area contributed by atoms with Crippen molar-refractivity contribution in [3.05, 3.63) is 53.1 Å². The maximum Gasteiger partial charge on any atom is 0.238 e. The lowest BCUT2D eigenvalue weighted by Crippen LogP contribution is -2.45. The summed E-state index contributed by atoms with van der Waals surface area (Å²) in [6.07, 6.45) is 0. The van der Waals surface area contributed by atoms with E-state index < -0.39 is 6.04 Å². The zero-order valence-corrected chi connectivity index (χ0v) is 17.7. The molecule has 0 saturated heterocycles. The molecular weight excluding hydrogens is 394 g/mol. The molecule has 0 bridgehead atoms. The number of amides is 2. The second kappa shape index (κ2) is 10.7. The zero-order valence-electron chi connectivity index (χ0n) is 17.0. The number of ether oxygens (including phenoxy) is 2. The van der Waals surface area contributed by atoms with E-state index in [0.717, 1.165) is 5.56 Å². The molecule has 29 heavy (non-hydrogen) atoms. The summed E-state index contributed by atoms with van der Waals surface area (Å²) in [5, 5.41) is 6.12. The third-order valence-electron chi connectivity index (χ3n) is 4.51. The molecule has 0 fully saturated rings. The highest BCUT2D eigenvalue weighted by Gasteiger charge is 2.21.